The monoisotopic (exact) mass is 493 g/mol. The van der Waals surface area contributed by atoms with Gasteiger partial charge in [-0.3, -0.25) is 14.5 Å². The molecule has 3 aromatic rings. The second kappa shape index (κ2) is 11.9. The zero-order chi connectivity index (χ0) is 24.6. The Morgan fingerprint density at radius 1 is 1.11 bits per heavy atom. The quantitative estimate of drug-likeness (QED) is 0.462. The smallest absolute Gasteiger partial charge is 0.286 e. The van der Waals surface area contributed by atoms with Gasteiger partial charge in [0.2, 0.25) is 5.01 Å². The van der Waals surface area contributed by atoms with Crippen LogP contribution in [0.5, 0.6) is 5.75 Å². The maximum atomic E-state index is 12.7. The molecular formula is C26H31N5O3S. The molecule has 1 aliphatic rings. The normalized spacial score (nSPS) is 16.0. The van der Waals surface area contributed by atoms with E-state index in [9.17, 15) is 9.59 Å². The van der Waals surface area contributed by atoms with Gasteiger partial charge in [-0.15, -0.1) is 10.2 Å². The van der Waals surface area contributed by atoms with Crippen LogP contribution in [0, 0.1) is 6.92 Å². The minimum absolute atomic E-state index is 0.155. The number of benzene rings is 2. The highest BCUT2D eigenvalue weighted by Gasteiger charge is 2.18. The molecule has 0 bridgehead atoms. The summed E-state index contributed by atoms with van der Waals surface area (Å²) in [5, 5.41) is 14.7. The number of ether oxygens (including phenoxy) is 1. The molecule has 4 rings (SSSR count). The van der Waals surface area contributed by atoms with E-state index in [4.69, 9.17) is 4.74 Å². The fraction of sp³-hybridized carbons (Fsp3) is 0.385. The summed E-state index contributed by atoms with van der Waals surface area (Å²) < 4.78 is 5.73. The largest absolute Gasteiger partial charge is 0.486 e. The molecule has 2 N–H and O–H groups in total. The summed E-state index contributed by atoms with van der Waals surface area (Å²) in [5.74, 6) is 0.213. The molecule has 0 aliphatic carbocycles. The number of amides is 2. The van der Waals surface area contributed by atoms with E-state index in [1.165, 1.54) is 30.6 Å². The number of nitrogens with zero attached hydrogens (tertiary/aromatic N) is 3. The van der Waals surface area contributed by atoms with E-state index in [0.717, 1.165) is 24.4 Å². The van der Waals surface area contributed by atoms with Gasteiger partial charge < -0.3 is 15.4 Å². The van der Waals surface area contributed by atoms with Gasteiger partial charge in [0.15, 0.2) is 5.01 Å². The minimum Gasteiger partial charge on any atom is -0.486 e. The molecule has 9 heteroatoms. The lowest BCUT2D eigenvalue weighted by Gasteiger charge is -2.33. The topological polar surface area (TPSA) is 96.5 Å². The lowest BCUT2D eigenvalue weighted by molar-refractivity contribution is 0.0937. The van der Waals surface area contributed by atoms with E-state index in [1.807, 2.05) is 31.2 Å². The van der Waals surface area contributed by atoms with E-state index in [1.54, 1.807) is 24.3 Å². The highest BCUT2D eigenvalue weighted by atomic mass is 32.1. The van der Waals surface area contributed by atoms with Gasteiger partial charge in [0.25, 0.3) is 11.8 Å². The predicted molar refractivity (Wildman–Crippen MR) is 137 cm³/mol. The van der Waals surface area contributed by atoms with Crippen LogP contribution in [0.2, 0.25) is 0 Å². The molecule has 2 heterocycles. The van der Waals surface area contributed by atoms with E-state index < -0.39 is 0 Å². The van der Waals surface area contributed by atoms with Crippen molar-refractivity contribution in [1.82, 2.24) is 20.4 Å². The third-order valence-electron chi connectivity index (χ3n) is 6.02. The van der Waals surface area contributed by atoms with Crippen LogP contribution >= 0.6 is 11.3 Å². The molecule has 184 valence electrons. The van der Waals surface area contributed by atoms with E-state index in [2.05, 4.69) is 32.7 Å². The summed E-state index contributed by atoms with van der Waals surface area (Å²) in [5.41, 5.74) is 2.13. The molecule has 0 unspecified atom stereocenters. The number of hydrogen-bond donors (Lipinski definition) is 2. The Morgan fingerprint density at radius 2 is 1.97 bits per heavy atom. The van der Waals surface area contributed by atoms with Gasteiger partial charge in [-0.1, -0.05) is 36.0 Å². The molecule has 1 fully saturated rings. The van der Waals surface area contributed by atoms with Crippen molar-refractivity contribution < 1.29 is 14.3 Å². The van der Waals surface area contributed by atoms with E-state index >= 15 is 0 Å². The number of carbonyl (C=O) groups excluding carboxylic acids is 2. The first kappa shape index (κ1) is 24.8. The fourth-order valence-electron chi connectivity index (χ4n) is 4.08. The van der Waals surface area contributed by atoms with Crippen LogP contribution in [0.1, 0.15) is 56.9 Å². The van der Waals surface area contributed by atoms with Crippen LogP contribution in [0.3, 0.4) is 0 Å². The van der Waals surface area contributed by atoms with E-state index in [-0.39, 0.29) is 23.4 Å². The van der Waals surface area contributed by atoms with Crippen LogP contribution in [-0.4, -0.2) is 52.6 Å². The van der Waals surface area contributed by atoms with Crippen molar-refractivity contribution in [1.29, 1.82) is 0 Å². The maximum absolute atomic E-state index is 12.7. The van der Waals surface area contributed by atoms with Crippen LogP contribution in [0.25, 0.3) is 0 Å². The number of piperidine rings is 1. The molecule has 8 nitrogen and oxygen atoms in total. The number of anilines is 1. The zero-order valence-corrected chi connectivity index (χ0v) is 20.9. The van der Waals surface area contributed by atoms with Crippen molar-refractivity contribution in [3.05, 3.63) is 69.7 Å². The number of nitrogens with one attached hydrogen (secondary N) is 2. The summed E-state index contributed by atoms with van der Waals surface area (Å²) in [4.78, 5) is 27.7. The Morgan fingerprint density at radius 3 is 2.80 bits per heavy atom. The summed E-state index contributed by atoms with van der Waals surface area (Å²) in [6.45, 7) is 7.00. The van der Waals surface area contributed by atoms with Gasteiger partial charge in [-0.2, -0.15) is 0 Å². The van der Waals surface area contributed by atoms with Crippen molar-refractivity contribution in [3.63, 3.8) is 0 Å². The molecule has 35 heavy (non-hydrogen) atoms. The van der Waals surface area contributed by atoms with Gasteiger partial charge in [0, 0.05) is 30.4 Å². The van der Waals surface area contributed by atoms with Crippen LogP contribution in [0.15, 0.2) is 48.5 Å². The van der Waals surface area contributed by atoms with Gasteiger partial charge in [0.05, 0.1) is 0 Å². The standard InChI is InChI=1S/C26H31N5O3S/c1-18-7-5-11-22(15-18)34-17-23-29-30-26(35-23)25(33)28-21-10-6-9-20(16-21)24(32)27-12-14-31-13-4-3-8-19(31)2/h5-7,9-11,15-16,19H,3-4,8,12-14,17H2,1-2H3,(H,27,32)(H,28,33)/t19-/m0/s1. The molecule has 2 aromatic carbocycles. The maximum Gasteiger partial charge on any atom is 0.286 e. The summed E-state index contributed by atoms with van der Waals surface area (Å²) >= 11 is 1.18. The summed E-state index contributed by atoms with van der Waals surface area (Å²) in [7, 11) is 0. The van der Waals surface area contributed by atoms with Crippen molar-refractivity contribution in [2.24, 2.45) is 0 Å². The number of rotatable bonds is 9. The van der Waals surface area contributed by atoms with Crippen molar-refractivity contribution in [2.75, 3.05) is 25.0 Å². The number of carbonyl (C=O) groups is 2. The summed E-state index contributed by atoms with van der Waals surface area (Å²) in [6.07, 6.45) is 3.71. The molecule has 1 saturated heterocycles. The Hall–Kier alpha value is -3.30. The first-order chi connectivity index (χ1) is 17.0. The Bertz CT molecular complexity index is 1170. The Balaban J connectivity index is 1.27. The lowest BCUT2D eigenvalue weighted by atomic mass is 10.0. The SMILES string of the molecule is Cc1cccc(OCc2nnc(C(=O)Nc3cccc(C(=O)NCCN4CCCC[C@@H]4C)c3)s2)c1. The van der Waals surface area contributed by atoms with Gasteiger partial charge >= 0.3 is 0 Å². The van der Waals surface area contributed by atoms with Crippen LogP contribution < -0.4 is 15.4 Å². The highest BCUT2D eigenvalue weighted by molar-refractivity contribution is 7.13. The Kier molecular flexibility index (Phi) is 8.44. The minimum atomic E-state index is -0.374. The number of aromatic nitrogens is 2. The third kappa shape index (κ3) is 7.10. The molecule has 2 amide bonds. The number of likely N-dealkylation sites (tertiary alicyclic amines) is 1. The van der Waals surface area contributed by atoms with Gasteiger partial charge in [-0.05, 0) is 69.1 Å². The average molecular weight is 494 g/mol. The van der Waals surface area contributed by atoms with Crippen molar-refractivity contribution in [2.45, 2.75) is 45.8 Å². The fourth-order valence-corrected chi connectivity index (χ4v) is 4.73. The Labute approximate surface area is 209 Å². The number of hydrogen-bond acceptors (Lipinski definition) is 7. The third-order valence-corrected chi connectivity index (χ3v) is 6.92. The average Bonchev–Trinajstić information content (AvgIpc) is 3.33. The molecule has 1 atom stereocenters. The zero-order valence-electron chi connectivity index (χ0n) is 20.1. The van der Waals surface area contributed by atoms with Crippen molar-refractivity contribution >= 4 is 28.8 Å². The first-order valence-corrected chi connectivity index (χ1v) is 12.7. The highest BCUT2D eigenvalue weighted by Crippen LogP contribution is 2.19. The molecule has 1 aliphatic heterocycles. The van der Waals surface area contributed by atoms with Crippen LogP contribution in [0.4, 0.5) is 5.69 Å². The molecule has 0 radical (unpaired) electrons. The molecule has 0 saturated carbocycles. The van der Waals surface area contributed by atoms with Gasteiger partial charge in [0.1, 0.15) is 12.4 Å². The summed E-state index contributed by atoms with van der Waals surface area (Å²) in [6, 6.07) is 15.2. The predicted octanol–water partition coefficient (Wildman–Crippen LogP) is 4.28. The lowest BCUT2D eigenvalue weighted by Crippen LogP contribution is -2.42. The molecule has 1 aromatic heterocycles. The molecular weight excluding hydrogens is 462 g/mol. The second-order valence-corrected chi connectivity index (χ2v) is 9.84. The molecule has 0 spiro atoms. The second-order valence-electron chi connectivity index (χ2n) is 8.78. The van der Waals surface area contributed by atoms with Crippen LogP contribution in [-0.2, 0) is 6.61 Å². The van der Waals surface area contributed by atoms with Crippen molar-refractivity contribution in [3.8, 4) is 5.75 Å². The first-order valence-electron chi connectivity index (χ1n) is 11.9. The number of aryl methyl sites for hydroxylation is 1. The van der Waals surface area contributed by atoms with E-state index in [0.29, 0.717) is 28.8 Å². The van der Waals surface area contributed by atoms with Gasteiger partial charge in [-0.25, -0.2) is 0 Å².